The van der Waals surface area contributed by atoms with E-state index < -0.39 is 8.07 Å². The van der Waals surface area contributed by atoms with Crippen LogP contribution in [0.2, 0.25) is 16.6 Å². The molecule has 0 heterocycles. The van der Waals surface area contributed by atoms with Gasteiger partial charge in [0.15, 0.2) is 0 Å². The maximum absolute atomic E-state index is 2.64. The van der Waals surface area contributed by atoms with Crippen LogP contribution in [0.1, 0.15) is 61.8 Å². The first-order valence-electron chi connectivity index (χ1n) is 7.54. The van der Waals surface area contributed by atoms with Crippen LogP contribution in [0.25, 0.3) is 0 Å². The van der Waals surface area contributed by atoms with Crippen LogP contribution in [-0.4, -0.2) is 13.8 Å². The van der Waals surface area contributed by atoms with E-state index in [9.17, 15) is 0 Å². The summed E-state index contributed by atoms with van der Waals surface area (Å²) in [4.78, 5) is 0. The van der Waals surface area contributed by atoms with Crippen LogP contribution in [0.15, 0.2) is 11.1 Å². The van der Waals surface area contributed by atoms with Crippen LogP contribution in [0.5, 0.6) is 0 Å². The van der Waals surface area contributed by atoms with Crippen molar-refractivity contribution in [3.63, 3.8) is 0 Å². The molecule has 0 rings (SSSR count). The van der Waals surface area contributed by atoms with Crippen LogP contribution < -0.4 is 0 Å². The van der Waals surface area contributed by atoms with Crippen molar-refractivity contribution in [1.82, 2.24) is 0 Å². The Morgan fingerprint density at radius 3 is 1.61 bits per heavy atom. The first-order valence-corrected chi connectivity index (χ1v) is 10.9. The zero-order valence-electron chi connectivity index (χ0n) is 13.8. The molecule has 0 saturated heterocycles. The fourth-order valence-electron chi connectivity index (χ4n) is 3.12. The molecule has 0 nitrogen and oxygen atoms in total. The lowest BCUT2D eigenvalue weighted by Gasteiger charge is -2.40. The van der Waals surface area contributed by atoms with E-state index in [1.807, 2.05) is 11.8 Å². The van der Waals surface area contributed by atoms with Crippen molar-refractivity contribution in [1.29, 1.82) is 0 Å². The van der Waals surface area contributed by atoms with E-state index in [-0.39, 0.29) is 0 Å². The number of rotatable bonds is 8. The topological polar surface area (TPSA) is 0 Å². The lowest BCUT2D eigenvalue weighted by molar-refractivity contribution is 0.632. The van der Waals surface area contributed by atoms with Crippen LogP contribution >= 0.6 is 11.8 Å². The van der Waals surface area contributed by atoms with Gasteiger partial charge in [-0.1, -0.05) is 61.1 Å². The minimum absolute atomic E-state index is 0.827. The third-order valence-corrected chi connectivity index (χ3v) is 12.1. The lowest BCUT2D eigenvalue weighted by atomic mass is 10.2. The van der Waals surface area contributed by atoms with Gasteiger partial charge in [0, 0.05) is 0 Å². The van der Waals surface area contributed by atoms with Crippen molar-refractivity contribution in [3.8, 4) is 0 Å². The zero-order valence-corrected chi connectivity index (χ0v) is 15.6. The zero-order chi connectivity index (χ0) is 14.3. The highest BCUT2D eigenvalue weighted by Crippen LogP contribution is 2.42. The van der Waals surface area contributed by atoms with E-state index in [1.165, 1.54) is 12.2 Å². The number of hydrogen-bond donors (Lipinski definition) is 0. The Morgan fingerprint density at radius 2 is 1.28 bits per heavy atom. The highest BCUT2D eigenvalue weighted by molar-refractivity contribution is 8.02. The lowest BCUT2D eigenvalue weighted by Crippen LogP contribution is -2.42. The molecule has 2 heteroatoms. The van der Waals surface area contributed by atoms with Gasteiger partial charge < -0.3 is 0 Å². The molecular weight excluding hydrogens is 252 g/mol. The molecule has 0 aliphatic carbocycles. The molecule has 0 aliphatic rings. The smallest absolute Gasteiger partial charge is 0.0860 e. The Morgan fingerprint density at radius 1 is 0.833 bits per heavy atom. The average Bonchev–Trinajstić information content (AvgIpc) is 2.20. The molecule has 108 valence electrons. The highest BCUT2D eigenvalue weighted by atomic mass is 32.2. The van der Waals surface area contributed by atoms with E-state index in [1.54, 1.807) is 0 Å². The van der Waals surface area contributed by atoms with E-state index in [2.05, 4.69) is 66.5 Å². The van der Waals surface area contributed by atoms with Crippen LogP contribution in [0, 0.1) is 5.92 Å². The second-order valence-corrected chi connectivity index (χ2v) is 13.6. The molecule has 18 heavy (non-hydrogen) atoms. The van der Waals surface area contributed by atoms with E-state index in [0.717, 1.165) is 22.5 Å². The Bertz CT molecular complexity index is 220. The third-order valence-electron chi connectivity index (χ3n) is 4.27. The van der Waals surface area contributed by atoms with E-state index >= 15 is 0 Å². The van der Waals surface area contributed by atoms with Crippen molar-refractivity contribution in [2.75, 3.05) is 5.75 Å². The second kappa shape index (κ2) is 8.47. The second-order valence-electron chi connectivity index (χ2n) is 6.82. The molecule has 0 N–H and O–H groups in total. The summed E-state index contributed by atoms with van der Waals surface area (Å²) in [6, 6.07) is 0. The third kappa shape index (κ3) is 5.12. The van der Waals surface area contributed by atoms with Gasteiger partial charge in [-0.25, -0.2) is 0 Å². The minimum Gasteiger partial charge on any atom is -0.135 e. The summed E-state index contributed by atoms with van der Waals surface area (Å²) in [6.07, 6.45) is 1.33. The molecular formula is C16H34SSi. The van der Waals surface area contributed by atoms with Crippen molar-refractivity contribution in [2.24, 2.45) is 5.92 Å². The summed E-state index contributed by atoms with van der Waals surface area (Å²) < 4.78 is 0. The largest absolute Gasteiger partial charge is 0.135 e. The molecule has 0 aliphatic heterocycles. The Hall–Kier alpha value is 0.307. The normalized spacial score (nSPS) is 13.8. The summed E-state index contributed by atoms with van der Waals surface area (Å²) >= 11 is 2.01. The Kier molecular flexibility index (Phi) is 8.62. The summed E-state index contributed by atoms with van der Waals surface area (Å²) in [5.41, 5.74) is 5.14. The van der Waals surface area contributed by atoms with Gasteiger partial charge in [-0.05, 0) is 40.1 Å². The quantitative estimate of drug-likeness (QED) is 0.362. The van der Waals surface area contributed by atoms with Crippen molar-refractivity contribution in [2.45, 2.75) is 78.4 Å². The van der Waals surface area contributed by atoms with Crippen molar-refractivity contribution in [3.05, 3.63) is 11.1 Å². The fourth-order valence-corrected chi connectivity index (χ4v) is 10.3. The predicted octanol–water partition coefficient (Wildman–Crippen LogP) is 6.50. The highest BCUT2D eigenvalue weighted by Gasteiger charge is 2.39. The molecule has 0 fully saturated rings. The molecule has 0 amide bonds. The SMILES string of the molecule is CC(C)CCS/C=C/[Si](C(C)C)(C(C)C)C(C)C. The summed E-state index contributed by atoms with van der Waals surface area (Å²) in [6.45, 7) is 19.2. The van der Waals surface area contributed by atoms with Crippen molar-refractivity contribution >= 4 is 19.8 Å². The average molecular weight is 287 g/mol. The standard InChI is InChI=1S/C16H34SSi/c1-13(2)9-10-17-11-12-18(14(3)4,15(5)6)16(7)8/h11-16H,9-10H2,1-8H3/b12-11+. The van der Waals surface area contributed by atoms with E-state index in [4.69, 9.17) is 0 Å². The van der Waals surface area contributed by atoms with Crippen LogP contribution in [0.4, 0.5) is 0 Å². The first kappa shape index (κ1) is 18.3. The van der Waals surface area contributed by atoms with Gasteiger partial charge in [0.25, 0.3) is 0 Å². The van der Waals surface area contributed by atoms with Gasteiger partial charge in [0.2, 0.25) is 0 Å². The number of hydrogen-bond acceptors (Lipinski definition) is 1. The molecule has 0 aromatic carbocycles. The summed E-state index contributed by atoms with van der Waals surface area (Å²) in [5.74, 6) is 2.10. The monoisotopic (exact) mass is 286 g/mol. The van der Waals surface area contributed by atoms with Gasteiger partial charge in [-0.15, -0.1) is 11.8 Å². The maximum atomic E-state index is 2.64. The Labute approximate surface area is 121 Å². The molecule has 0 atom stereocenters. The molecule has 0 unspecified atom stereocenters. The summed E-state index contributed by atoms with van der Waals surface area (Å²) in [5, 5.41) is 2.43. The van der Waals surface area contributed by atoms with Gasteiger partial charge in [-0.3, -0.25) is 0 Å². The van der Waals surface area contributed by atoms with Gasteiger partial charge in [0.05, 0.1) is 8.07 Å². The van der Waals surface area contributed by atoms with Gasteiger partial charge >= 0.3 is 0 Å². The van der Waals surface area contributed by atoms with Gasteiger partial charge in [-0.2, -0.15) is 0 Å². The molecule has 0 aromatic rings. The molecule has 0 aromatic heterocycles. The minimum atomic E-state index is -1.31. The molecule has 0 spiro atoms. The fraction of sp³-hybridized carbons (Fsp3) is 0.875. The van der Waals surface area contributed by atoms with Crippen LogP contribution in [-0.2, 0) is 0 Å². The van der Waals surface area contributed by atoms with Crippen molar-refractivity contribution < 1.29 is 0 Å². The van der Waals surface area contributed by atoms with Crippen LogP contribution in [0.3, 0.4) is 0 Å². The van der Waals surface area contributed by atoms with Gasteiger partial charge in [0.1, 0.15) is 0 Å². The first-order chi connectivity index (χ1) is 8.25. The summed E-state index contributed by atoms with van der Waals surface area (Å²) in [7, 11) is -1.31. The predicted molar refractivity (Wildman–Crippen MR) is 92.1 cm³/mol. The Balaban J connectivity index is 4.64. The molecule has 0 saturated carbocycles. The maximum Gasteiger partial charge on any atom is 0.0860 e. The van der Waals surface area contributed by atoms with E-state index in [0.29, 0.717) is 0 Å². The number of thioether (sulfide) groups is 1. The molecule has 0 bridgehead atoms. The molecule has 0 radical (unpaired) electrons.